The minimum absolute atomic E-state index is 0.00480. The van der Waals surface area contributed by atoms with Gasteiger partial charge >= 0.3 is 11.5 Å². The van der Waals surface area contributed by atoms with Crippen molar-refractivity contribution in [2.24, 2.45) is 0 Å². The number of aromatic nitrogens is 1. The average molecular weight is 484 g/mol. The molecule has 0 aliphatic carbocycles. The summed E-state index contributed by atoms with van der Waals surface area (Å²) in [7, 11) is -2.45. The third-order valence-corrected chi connectivity index (χ3v) is 6.48. The van der Waals surface area contributed by atoms with Crippen molar-refractivity contribution in [1.29, 1.82) is 0 Å². The molecule has 4 amide bonds. The van der Waals surface area contributed by atoms with E-state index in [0.29, 0.717) is 17.7 Å². The Bertz CT molecular complexity index is 1230. The number of nitrogens with one attached hydrogen (secondary N) is 1. The first-order valence-corrected chi connectivity index (χ1v) is 10.9. The largest absolute Gasteiger partial charge is 0.501 e. The fourth-order valence-electron chi connectivity index (χ4n) is 3.29. The zero-order chi connectivity index (χ0) is 24.8. The van der Waals surface area contributed by atoms with Crippen LogP contribution in [0.3, 0.4) is 0 Å². The van der Waals surface area contributed by atoms with E-state index in [1.165, 1.54) is 24.1 Å². The van der Waals surface area contributed by atoms with Crippen molar-refractivity contribution in [3.8, 4) is 0 Å². The van der Waals surface area contributed by atoms with Crippen LogP contribution < -0.4 is 10.2 Å². The third-order valence-electron chi connectivity index (χ3n) is 4.98. The molecule has 0 saturated carbocycles. The normalized spacial score (nSPS) is 18.9. The summed E-state index contributed by atoms with van der Waals surface area (Å²) in [5.41, 5.74) is -6.31. The van der Waals surface area contributed by atoms with Crippen LogP contribution in [0.5, 0.6) is 0 Å². The number of carbonyl (C=O) groups excluding carboxylic acids is 3. The summed E-state index contributed by atoms with van der Waals surface area (Å²) in [6.07, 6.45) is 1.40. The molecule has 1 aromatic carbocycles. The maximum Gasteiger partial charge on any atom is 0.501 e. The number of rotatable bonds is 5. The molecule has 0 radical (unpaired) electrons. The van der Waals surface area contributed by atoms with E-state index in [4.69, 9.17) is 0 Å². The van der Waals surface area contributed by atoms with Crippen molar-refractivity contribution in [2.45, 2.75) is 29.3 Å². The highest BCUT2D eigenvalue weighted by atomic mass is 32.2. The molecule has 1 aliphatic rings. The van der Waals surface area contributed by atoms with Gasteiger partial charge in [-0.2, -0.15) is 13.2 Å². The van der Waals surface area contributed by atoms with Gasteiger partial charge in [-0.05, 0) is 48.9 Å². The van der Waals surface area contributed by atoms with Crippen molar-refractivity contribution < 1.29 is 36.0 Å². The molecule has 1 saturated heterocycles. The van der Waals surface area contributed by atoms with Crippen LogP contribution in [-0.2, 0) is 21.1 Å². The number of nitrogens with zero attached hydrogens (tertiary/aromatic N) is 3. The van der Waals surface area contributed by atoms with Gasteiger partial charge in [-0.25, -0.2) is 18.1 Å². The lowest BCUT2D eigenvalue weighted by molar-refractivity contribution is -0.121. The second-order valence-corrected chi connectivity index (χ2v) is 9.71. The number of amides is 4. The number of benzene rings is 1. The second-order valence-electron chi connectivity index (χ2n) is 7.77. The van der Waals surface area contributed by atoms with E-state index in [9.17, 15) is 36.0 Å². The van der Waals surface area contributed by atoms with Gasteiger partial charge in [0.2, 0.25) is 0 Å². The zero-order valence-electron chi connectivity index (χ0n) is 17.7. The van der Waals surface area contributed by atoms with E-state index in [2.05, 4.69) is 10.3 Å². The Hall–Kier alpha value is -3.48. The lowest BCUT2D eigenvalue weighted by atomic mass is 9.92. The summed E-state index contributed by atoms with van der Waals surface area (Å²) in [5, 5.41) is 2.54. The molecular formula is C20H19F3N4O5S. The topological polar surface area (TPSA) is 117 Å². The second kappa shape index (κ2) is 8.14. The highest BCUT2D eigenvalue weighted by Gasteiger charge is 2.49. The van der Waals surface area contributed by atoms with Gasteiger partial charge in [-0.1, -0.05) is 0 Å². The lowest BCUT2D eigenvalue weighted by Crippen LogP contribution is -2.46. The van der Waals surface area contributed by atoms with Crippen LogP contribution in [0.2, 0.25) is 0 Å². The number of sulfone groups is 1. The predicted molar refractivity (Wildman–Crippen MR) is 110 cm³/mol. The number of halogens is 3. The van der Waals surface area contributed by atoms with Gasteiger partial charge < -0.3 is 10.2 Å². The predicted octanol–water partition coefficient (Wildman–Crippen LogP) is 2.13. The molecule has 176 valence electrons. The van der Waals surface area contributed by atoms with E-state index in [0.717, 1.165) is 17.0 Å². The maximum absolute atomic E-state index is 13.1. The van der Waals surface area contributed by atoms with Crippen molar-refractivity contribution in [2.75, 3.05) is 19.0 Å². The highest BCUT2D eigenvalue weighted by Crippen LogP contribution is 2.33. The summed E-state index contributed by atoms with van der Waals surface area (Å²) in [4.78, 5) is 42.8. The molecule has 2 aromatic rings. The molecule has 1 aromatic heterocycles. The van der Waals surface area contributed by atoms with Gasteiger partial charge in [-0.3, -0.25) is 14.6 Å². The van der Waals surface area contributed by atoms with E-state index < -0.39 is 37.7 Å². The standard InChI is InChI=1S/C20H19F3N4O5S/c1-19(11-12-8-9-24-15(10-12)16(28)26(2)3)17(29)27(18(30)25-19)13-4-6-14(7-5-13)33(31,32)20(21,22)23/h4-10H,11H2,1-3H3,(H,25,30). The molecule has 3 rings (SSSR count). The number of anilines is 1. The van der Waals surface area contributed by atoms with Crippen LogP contribution in [0, 0.1) is 0 Å². The molecule has 1 unspecified atom stereocenters. The smallest absolute Gasteiger partial charge is 0.343 e. The van der Waals surface area contributed by atoms with Crippen LogP contribution >= 0.6 is 0 Å². The first-order valence-electron chi connectivity index (χ1n) is 9.42. The molecular weight excluding hydrogens is 465 g/mol. The molecule has 1 atom stereocenters. The van der Waals surface area contributed by atoms with Crippen molar-refractivity contribution in [1.82, 2.24) is 15.2 Å². The summed E-state index contributed by atoms with van der Waals surface area (Å²) >= 11 is 0. The number of hydrogen-bond donors (Lipinski definition) is 1. The third kappa shape index (κ3) is 4.40. The Morgan fingerprint density at radius 3 is 2.30 bits per heavy atom. The number of carbonyl (C=O) groups is 3. The van der Waals surface area contributed by atoms with Gasteiger partial charge in [0.05, 0.1) is 10.6 Å². The summed E-state index contributed by atoms with van der Waals surface area (Å²) in [5.74, 6) is -1.05. The lowest BCUT2D eigenvalue weighted by Gasteiger charge is -2.22. The van der Waals surface area contributed by atoms with Crippen molar-refractivity contribution >= 4 is 33.4 Å². The van der Waals surface area contributed by atoms with Crippen molar-refractivity contribution in [3.05, 3.63) is 53.9 Å². The fourth-order valence-corrected chi connectivity index (χ4v) is 4.05. The van der Waals surface area contributed by atoms with E-state index in [1.54, 1.807) is 20.2 Å². The van der Waals surface area contributed by atoms with Gasteiger partial charge in [0.1, 0.15) is 11.2 Å². The van der Waals surface area contributed by atoms with Gasteiger partial charge in [-0.15, -0.1) is 0 Å². The van der Waals surface area contributed by atoms with Gasteiger partial charge in [0.25, 0.3) is 21.7 Å². The molecule has 9 nitrogen and oxygen atoms in total. The average Bonchev–Trinajstić information content (AvgIpc) is 2.94. The first kappa shape index (κ1) is 24.2. The fraction of sp³-hybridized carbons (Fsp3) is 0.300. The quantitative estimate of drug-likeness (QED) is 0.650. The monoisotopic (exact) mass is 484 g/mol. The number of urea groups is 1. The van der Waals surface area contributed by atoms with Crippen LogP contribution in [0.25, 0.3) is 0 Å². The van der Waals surface area contributed by atoms with Crippen LogP contribution in [0.15, 0.2) is 47.5 Å². The van der Waals surface area contributed by atoms with E-state index >= 15 is 0 Å². The van der Waals surface area contributed by atoms with Gasteiger partial charge in [0.15, 0.2) is 0 Å². The van der Waals surface area contributed by atoms with Crippen LogP contribution in [0.1, 0.15) is 23.0 Å². The Kier molecular flexibility index (Phi) is 5.96. The SMILES string of the molecule is CN(C)C(=O)c1cc(CC2(C)NC(=O)N(c3ccc(S(=O)(=O)C(F)(F)F)cc3)C2=O)ccn1. The summed E-state index contributed by atoms with van der Waals surface area (Å²) in [6, 6.07) is 5.49. The minimum Gasteiger partial charge on any atom is -0.343 e. The molecule has 2 heterocycles. The van der Waals surface area contributed by atoms with Crippen molar-refractivity contribution in [3.63, 3.8) is 0 Å². The Balaban J connectivity index is 1.86. The summed E-state index contributed by atoms with van der Waals surface area (Å²) in [6.45, 7) is 1.46. The number of imide groups is 1. The first-order chi connectivity index (χ1) is 15.2. The number of pyridine rings is 1. The molecule has 0 spiro atoms. The van der Waals surface area contributed by atoms with Crippen LogP contribution in [-0.4, -0.2) is 61.3 Å². The molecule has 0 bridgehead atoms. The maximum atomic E-state index is 13.1. The van der Waals surface area contributed by atoms with E-state index in [-0.39, 0.29) is 23.7 Å². The molecule has 1 N–H and O–H groups in total. The molecule has 13 heteroatoms. The number of hydrogen-bond acceptors (Lipinski definition) is 6. The van der Waals surface area contributed by atoms with E-state index in [1.807, 2.05) is 0 Å². The van der Waals surface area contributed by atoms with Gasteiger partial charge in [0, 0.05) is 26.7 Å². The Morgan fingerprint density at radius 2 is 1.76 bits per heavy atom. The highest BCUT2D eigenvalue weighted by molar-refractivity contribution is 7.92. The number of alkyl halides is 3. The summed E-state index contributed by atoms with van der Waals surface area (Å²) < 4.78 is 61.2. The molecule has 1 fully saturated rings. The van der Waals surface area contributed by atoms with Crippen LogP contribution in [0.4, 0.5) is 23.7 Å². The Labute approximate surface area is 187 Å². The minimum atomic E-state index is -5.57. The molecule has 1 aliphatic heterocycles. The Morgan fingerprint density at radius 1 is 1.15 bits per heavy atom. The molecule has 33 heavy (non-hydrogen) atoms. The zero-order valence-corrected chi connectivity index (χ0v) is 18.5.